The third kappa shape index (κ3) is 4.09. The van der Waals surface area contributed by atoms with Gasteiger partial charge in [0.05, 0.1) is 16.0 Å². The van der Waals surface area contributed by atoms with Crippen LogP contribution in [0.3, 0.4) is 0 Å². The Hall–Kier alpha value is -3.08. The fourth-order valence-corrected chi connectivity index (χ4v) is 3.71. The van der Waals surface area contributed by atoms with E-state index in [9.17, 15) is 9.59 Å². The predicted octanol–water partition coefficient (Wildman–Crippen LogP) is 6.91. The molecule has 0 saturated heterocycles. The second kappa shape index (κ2) is 8.22. The molecule has 0 fully saturated rings. The SMILES string of the molecule is Cc1ccc(-c2oc3cc(C)c(C)cc3c(=O)c2OC(=O)c2ccc(Cl)cc2Cl)cc1. The number of hydrogen-bond donors (Lipinski definition) is 0. The number of carbonyl (C=O) groups is 1. The van der Waals surface area contributed by atoms with Gasteiger partial charge in [-0.3, -0.25) is 4.79 Å². The Morgan fingerprint density at radius 2 is 1.58 bits per heavy atom. The zero-order valence-corrected chi connectivity index (χ0v) is 18.6. The van der Waals surface area contributed by atoms with Crippen LogP contribution in [0.5, 0.6) is 5.75 Å². The molecular formula is C25H18Cl2O4. The fraction of sp³-hybridized carbons (Fsp3) is 0.120. The number of esters is 1. The number of carbonyl (C=O) groups excluding carboxylic acids is 1. The van der Waals surface area contributed by atoms with Gasteiger partial charge in [-0.2, -0.15) is 0 Å². The highest BCUT2D eigenvalue weighted by Gasteiger charge is 2.23. The maximum Gasteiger partial charge on any atom is 0.345 e. The largest absolute Gasteiger partial charge is 0.452 e. The molecule has 0 spiro atoms. The highest BCUT2D eigenvalue weighted by Crippen LogP contribution is 2.33. The topological polar surface area (TPSA) is 56.5 Å². The summed E-state index contributed by atoms with van der Waals surface area (Å²) in [5, 5.41) is 0.855. The second-order valence-corrected chi connectivity index (χ2v) is 8.25. The Morgan fingerprint density at radius 1 is 0.903 bits per heavy atom. The standard InChI is InChI=1S/C25H18Cl2O4/c1-13-4-6-16(7-5-13)23-24(31-25(29)18-9-8-17(26)12-20(18)27)22(28)19-10-14(2)15(3)11-21(19)30-23/h4-12H,1-3H3. The third-order valence-corrected chi connectivity index (χ3v) is 5.67. The van der Waals surface area contributed by atoms with Gasteiger partial charge in [-0.05, 0) is 62.2 Å². The summed E-state index contributed by atoms with van der Waals surface area (Å²) in [6.07, 6.45) is 0. The molecule has 31 heavy (non-hydrogen) atoms. The van der Waals surface area contributed by atoms with Gasteiger partial charge < -0.3 is 9.15 Å². The summed E-state index contributed by atoms with van der Waals surface area (Å²) in [6, 6.07) is 15.4. The van der Waals surface area contributed by atoms with E-state index in [0.717, 1.165) is 16.7 Å². The molecule has 0 radical (unpaired) electrons. The van der Waals surface area contributed by atoms with Crippen molar-refractivity contribution in [2.24, 2.45) is 0 Å². The molecule has 0 bridgehead atoms. The molecule has 4 aromatic rings. The number of benzene rings is 3. The van der Waals surface area contributed by atoms with Crippen molar-refractivity contribution in [2.75, 3.05) is 0 Å². The Kier molecular flexibility index (Phi) is 5.61. The fourth-order valence-electron chi connectivity index (χ4n) is 3.22. The van der Waals surface area contributed by atoms with Gasteiger partial charge in [0.2, 0.25) is 11.2 Å². The molecule has 0 aliphatic rings. The van der Waals surface area contributed by atoms with Gasteiger partial charge in [-0.25, -0.2) is 4.79 Å². The maximum absolute atomic E-state index is 13.4. The zero-order valence-electron chi connectivity index (χ0n) is 17.1. The molecule has 0 aliphatic carbocycles. The van der Waals surface area contributed by atoms with E-state index < -0.39 is 11.4 Å². The molecule has 1 heterocycles. The summed E-state index contributed by atoms with van der Waals surface area (Å²) in [6.45, 7) is 5.80. The van der Waals surface area contributed by atoms with Gasteiger partial charge in [-0.1, -0.05) is 53.0 Å². The van der Waals surface area contributed by atoms with Crippen LogP contribution in [0, 0.1) is 20.8 Å². The van der Waals surface area contributed by atoms with Crippen molar-refractivity contribution < 1.29 is 13.9 Å². The Labute approximate surface area is 189 Å². The molecule has 0 amide bonds. The van der Waals surface area contributed by atoms with Crippen LogP contribution in [0.1, 0.15) is 27.0 Å². The van der Waals surface area contributed by atoms with Crippen molar-refractivity contribution in [1.82, 2.24) is 0 Å². The van der Waals surface area contributed by atoms with E-state index >= 15 is 0 Å². The third-order valence-electron chi connectivity index (χ3n) is 5.12. The number of rotatable bonds is 3. The molecule has 1 aromatic heterocycles. The molecule has 3 aromatic carbocycles. The summed E-state index contributed by atoms with van der Waals surface area (Å²) in [4.78, 5) is 26.2. The normalized spacial score (nSPS) is 11.0. The summed E-state index contributed by atoms with van der Waals surface area (Å²) in [5.41, 5.74) is 3.67. The van der Waals surface area contributed by atoms with Crippen molar-refractivity contribution in [3.63, 3.8) is 0 Å². The molecule has 6 heteroatoms. The minimum absolute atomic E-state index is 0.0977. The Balaban J connectivity index is 1.93. The molecule has 0 N–H and O–H groups in total. The van der Waals surface area contributed by atoms with Crippen LogP contribution in [0.2, 0.25) is 10.0 Å². The van der Waals surface area contributed by atoms with Crippen molar-refractivity contribution in [1.29, 1.82) is 0 Å². The zero-order chi connectivity index (χ0) is 22.3. The van der Waals surface area contributed by atoms with Crippen molar-refractivity contribution in [3.05, 3.63) is 97.1 Å². The van der Waals surface area contributed by atoms with E-state index in [1.165, 1.54) is 18.2 Å². The first kappa shape index (κ1) is 21.2. The summed E-state index contributed by atoms with van der Waals surface area (Å²) in [5.74, 6) is -0.777. The van der Waals surface area contributed by atoms with E-state index in [2.05, 4.69) is 0 Å². The minimum atomic E-state index is -0.773. The predicted molar refractivity (Wildman–Crippen MR) is 124 cm³/mol. The summed E-state index contributed by atoms with van der Waals surface area (Å²) < 4.78 is 11.7. The van der Waals surface area contributed by atoms with E-state index in [-0.39, 0.29) is 22.1 Å². The second-order valence-electron chi connectivity index (χ2n) is 7.40. The van der Waals surface area contributed by atoms with E-state index in [1.54, 1.807) is 6.07 Å². The van der Waals surface area contributed by atoms with Crippen molar-refractivity contribution in [3.8, 4) is 17.1 Å². The molecular weight excluding hydrogens is 435 g/mol. The molecule has 0 aliphatic heterocycles. The van der Waals surface area contributed by atoms with Crippen LogP contribution in [0.4, 0.5) is 0 Å². The molecule has 0 unspecified atom stereocenters. The first-order valence-corrected chi connectivity index (χ1v) is 10.3. The van der Waals surface area contributed by atoms with Crippen LogP contribution in [0.15, 0.2) is 63.8 Å². The number of aryl methyl sites for hydroxylation is 3. The van der Waals surface area contributed by atoms with Gasteiger partial charge in [0, 0.05) is 10.6 Å². The minimum Gasteiger partial charge on any atom is -0.452 e. The van der Waals surface area contributed by atoms with E-state index in [1.807, 2.05) is 51.1 Å². The lowest BCUT2D eigenvalue weighted by Gasteiger charge is -2.12. The lowest BCUT2D eigenvalue weighted by Crippen LogP contribution is -2.17. The van der Waals surface area contributed by atoms with Gasteiger partial charge in [-0.15, -0.1) is 0 Å². The average Bonchev–Trinajstić information content (AvgIpc) is 2.72. The smallest absolute Gasteiger partial charge is 0.345 e. The monoisotopic (exact) mass is 452 g/mol. The van der Waals surface area contributed by atoms with E-state index in [4.69, 9.17) is 32.4 Å². The first-order valence-electron chi connectivity index (χ1n) is 9.57. The van der Waals surface area contributed by atoms with Crippen LogP contribution < -0.4 is 10.2 Å². The van der Waals surface area contributed by atoms with E-state index in [0.29, 0.717) is 21.6 Å². The quantitative estimate of drug-likeness (QED) is 0.316. The average molecular weight is 453 g/mol. The van der Waals surface area contributed by atoms with Gasteiger partial charge in [0.15, 0.2) is 5.76 Å². The number of fused-ring (bicyclic) bond motifs is 1. The number of ether oxygens (including phenoxy) is 1. The van der Waals surface area contributed by atoms with Crippen LogP contribution in [-0.2, 0) is 0 Å². The summed E-state index contributed by atoms with van der Waals surface area (Å²) >= 11 is 12.1. The lowest BCUT2D eigenvalue weighted by atomic mass is 10.0. The molecule has 4 rings (SSSR count). The van der Waals surface area contributed by atoms with Crippen LogP contribution in [0.25, 0.3) is 22.3 Å². The first-order chi connectivity index (χ1) is 14.7. The molecule has 156 valence electrons. The molecule has 0 saturated carbocycles. The molecule has 4 nitrogen and oxygen atoms in total. The Bertz CT molecular complexity index is 1390. The number of hydrogen-bond acceptors (Lipinski definition) is 4. The number of halogens is 2. The van der Waals surface area contributed by atoms with Gasteiger partial charge >= 0.3 is 5.97 Å². The van der Waals surface area contributed by atoms with Crippen molar-refractivity contribution in [2.45, 2.75) is 20.8 Å². The highest BCUT2D eigenvalue weighted by molar-refractivity contribution is 6.36. The lowest BCUT2D eigenvalue weighted by molar-refractivity contribution is 0.0731. The molecule has 0 atom stereocenters. The maximum atomic E-state index is 13.4. The summed E-state index contributed by atoms with van der Waals surface area (Å²) in [7, 11) is 0. The van der Waals surface area contributed by atoms with Crippen LogP contribution in [-0.4, -0.2) is 5.97 Å². The van der Waals surface area contributed by atoms with Gasteiger partial charge in [0.25, 0.3) is 0 Å². The highest BCUT2D eigenvalue weighted by atomic mass is 35.5. The van der Waals surface area contributed by atoms with Crippen LogP contribution >= 0.6 is 23.2 Å². The van der Waals surface area contributed by atoms with Crippen molar-refractivity contribution >= 4 is 40.1 Å². The Morgan fingerprint density at radius 3 is 2.26 bits per heavy atom. The van der Waals surface area contributed by atoms with Gasteiger partial charge in [0.1, 0.15) is 5.58 Å².